The first-order valence-electron chi connectivity index (χ1n) is 8.54. The molecule has 0 aliphatic heterocycles. The fourth-order valence-electron chi connectivity index (χ4n) is 2.80. The Morgan fingerprint density at radius 3 is 2.03 bits per heavy atom. The van der Waals surface area contributed by atoms with Crippen LogP contribution >= 0.6 is 0 Å². The van der Waals surface area contributed by atoms with Crippen LogP contribution in [-0.2, 0) is 25.0 Å². The van der Waals surface area contributed by atoms with Crippen molar-refractivity contribution in [2.24, 2.45) is 10.2 Å². The number of hydrogen-bond donors (Lipinski definition) is 5. The van der Waals surface area contributed by atoms with E-state index >= 15 is 0 Å². The van der Waals surface area contributed by atoms with Crippen molar-refractivity contribution in [2.45, 2.75) is 16.7 Å². The minimum absolute atomic E-state index is 0. The van der Waals surface area contributed by atoms with Crippen molar-refractivity contribution in [3.63, 3.8) is 0 Å². The van der Waals surface area contributed by atoms with Gasteiger partial charge in [-0.1, -0.05) is 0 Å². The van der Waals surface area contributed by atoms with Gasteiger partial charge in [-0.3, -0.25) is 13.9 Å². The summed E-state index contributed by atoms with van der Waals surface area (Å²) < 4.78 is 65.2. The molecule has 0 aliphatic rings. The van der Waals surface area contributed by atoms with E-state index < -0.39 is 47.2 Å². The molecule has 3 aromatic carbocycles. The molecule has 33 heavy (non-hydrogen) atoms. The number of aromatic hydroxyl groups is 2. The van der Waals surface area contributed by atoms with Crippen LogP contribution in [0.3, 0.4) is 0 Å². The topological polar surface area (TPSA) is 203 Å². The van der Waals surface area contributed by atoms with Crippen LogP contribution in [0.5, 0.6) is 11.5 Å². The van der Waals surface area contributed by atoms with Crippen molar-refractivity contribution in [3.8, 4) is 11.5 Å². The summed E-state index contributed by atoms with van der Waals surface area (Å²) >= 11 is 0. The predicted molar refractivity (Wildman–Crippen MR) is 112 cm³/mol. The van der Waals surface area contributed by atoms with E-state index in [1.165, 1.54) is 31.2 Å². The molecular weight excluding hydrogens is 489 g/mol. The van der Waals surface area contributed by atoms with Crippen LogP contribution in [0.1, 0.15) is 6.92 Å². The molecule has 0 aromatic heterocycles. The van der Waals surface area contributed by atoms with E-state index in [0.29, 0.717) is 11.8 Å². The molecule has 15 heteroatoms. The molecule has 0 bridgehead atoms. The van der Waals surface area contributed by atoms with Gasteiger partial charge in [0.2, 0.25) is 5.91 Å². The van der Waals surface area contributed by atoms with E-state index in [4.69, 9.17) is 0 Å². The molecule has 0 spiro atoms. The number of phenols is 2. The monoisotopic (exact) mass is 504 g/mol. The Labute approximate surface area is 209 Å². The zero-order valence-corrected chi connectivity index (χ0v) is 20.7. The Morgan fingerprint density at radius 2 is 1.52 bits per heavy atom. The summed E-state index contributed by atoms with van der Waals surface area (Å²) in [5.74, 6) is -2.01. The van der Waals surface area contributed by atoms with Crippen LogP contribution in [0.15, 0.2) is 62.5 Å². The van der Waals surface area contributed by atoms with E-state index in [1.807, 2.05) is 0 Å². The molecule has 0 heterocycles. The zero-order chi connectivity index (χ0) is 23.8. The third kappa shape index (κ3) is 6.05. The third-order valence-corrected chi connectivity index (χ3v) is 5.83. The molecular formula is C18H15N3NaO9S2+. The smallest absolute Gasteiger partial charge is 0.507 e. The first-order valence-corrected chi connectivity index (χ1v) is 11.4. The minimum Gasteiger partial charge on any atom is -0.507 e. The maximum atomic E-state index is 11.8. The molecule has 3 aromatic rings. The first kappa shape index (κ1) is 26.7. The van der Waals surface area contributed by atoms with E-state index in [9.17, 15) is 40.9 Å². The summed E-state index contributed by atoms with van der Waals surface area (Å²) in [4.78, 5) is 9.37. The zero-order valence-electron chi connectivity index (χ0n) is 17.1. The molecule has 0 saturated heterocycles. The van der Waals surface area contributed by atoms with Gasteiger partial charge in [0.15, 0.2) is 5.75 Å². The molecule has 3 rings (SSSR count). The number of phenolic OH excluding ortho intramolecular Hbond substituents is 2. The SMILES string of the molecule is CC(=O)Nc1ccc(N=Nc2c(S(=O)(=O)O)cc3cc(S(=O)(=O)O)cc(O)c3c2O)cc1.[Na+]. The maximum absolute atomic E-state index is 11.8. The normalized spacial score (nSPS) is 12.0. The van der Waals surface area contributed by atoms with Gasteiger partial charge in [-0.15, -0.1) is 5.11 Å². The fourth-order valence-corrected chi connectivity index (χ4v) is 4.00. The second-order valence-corrected chi connectivity index (χ2v) is 9.30. The van der Waals surface area contributed by atoms with E-state index in [-0.39, 0.29) is 51.9 Å². The number of fused-ring (bicyclic) bond motifs is 1. The van der Waals surface area contributed by atoms with Gasteiger partial charge >= 0.3 is 29.6 Å². The van der Waals surface area contributed by atoms with Gasteiger partial charge in [-0.25, -0.2) is 0 Å². The Balaban J connectivity index is 0.00000385. The number of rotatable bonds is 5. The van der Waals surface area contributed by atoms with Crippen molar-refractivity contribution in [1.29, 1.82) is 0 Å². The molecule has 0 fully saturated rings. The van der Waals surface area contributed by atoms with Crippen LogP contribution in [0, 0.1) is 0 Å². The van der Waals surface area contributed by atoms with Crippen molar-refractivity contribution in [1.82, 2.24) is 0 Å². The molecule has 168 valence electrons. The van der Waals surface area contributed by atoms with E-state index in [0.717, 1.165) is 12.1 Å². The van der Waals surface area contributed by atoms with E-state index in [2.05, 4.69) is 15.5 Å². The van der Waals surface area contributed by atoms with Crippen molar-refractivity contribution in [2.75, 3.05) is 5.32 Å². The summed E-state index contributed by atoms with van der Waals surface area (Å²) in [5.41, 5.74) is -0.0742. The third-order valence-electron chi connectivity index (χ3n) is 4.13. The Morgan fingerprint density at radius 1 is 0.909 bits per heavy atom. The van der Waals surface area contributed by atoms with Gasteiger partial charge < -0.3 is 15.5 Å². The number of nitrogens with zero attached hydrogens (tertiary/aromatic N) is 2. The fraction of sp³-hybridized carbons (Fsp3) is 0.0556. The average Bonchev–Trinajstić information content (AvgIpc) is 2.66. The van der Waals surface area contributed by atoms with Crippen LogP contribution in [0.2, 0.25) is 0 Å². The number of carbonyl (C=O) groups is 1. The number of carbonyl (C=O) groups excluding carboxylic acids is 1. The molecule has 0 radical (unpaired) electrons. The Hall–Kier alpha value is -2.59. The Bertz CT molecular complexity index is 1490. The summed E-state index contributed by atoms with van der Waals surface area (Å²) in [6, 6.07) is 8.02. The molecule has 5 N–H and O–H groups in total. The van der Waals surface area contributed by atoms with Crippen molar-refractivity contribution >= 4 is 54.0 Å². The van der Waals surface area contributed by atoms with Crippen LogP contribution < -0.4 is 34.9 Å². The largest absolute Gasteiger partial charge is 1.00 e. The number of benzene rings is 3. The number of amides is 1. The summed E-state index contributed by atoms with van der Waals surface area (Å²) in [6.45, 7) is 1.32. The maximum Gasteiger partial charge on any atom is 1.00 e. The van der Waals surface area contributed by atoms with Gasteiger partial charge in [-0.05, 0) is 41.8 Å². The van der Waals surface area contributed by atoms with Crippen molar-refractivity contribution in [3.05, 3.63) is 42.5 Å². The molecule has 0 unspecified atom stereocenters. The van der Waals surface area contributed by atoms with Gasteiger partial charge in [0, 0.05) is 18.7 Å². The predicted octanol–water partition coefficient (Wildman–Crippen LogP) is 0.122. The molecule has 12 nitrogen and oxygen atoms in total. The molecule has 0 saturated carbocycles. The first-order chi connectivity index (χ1) is 14.8. The van der Waals surface area contributed by atoms with Gasteiger partial charge in [-0.2, -0.15) is 21.9 Å². The second kappa shape index (κ2) is 9.72. The minimum atomic E-state index is -4.99. The number of anilines is 1. The second-order valence-electron chi connectivity index (χ2n) is 6.49. The average molecular weight is 504 g/mol. The van der Waals surface area contributed by atoms with Crippen LogP contribution in [0.4, 0.5) is 17.1 Å². The summed E-state index contributed by atoms with van der Waals surface area (Å²) in [5, 5.41) is 30.0. The number of nitrogens with one attached hydrogen (secondary N) is 1. The quantitative estimate of drug-likeness (QED) is 0.182. The number of azo groups is 1. The van der Waals surface area contributed by atoms with Gasteiger partial charge in [0.25, 0.3) is 20.2 Å². The summed E-state index contributed by atoms with van der Waals surface area (Å²) in [6.07, 6.45) is 0. The molecule has 0 aliphatic carbocycles. The number of hydrogen-bond acceptors (Lipinski definition) is 9. The van der Waals surface area contributed by atoms with Crippen LogP contribution in [0.25, 0.3) is 10.8 Å². The molecule has 0 atom stereocenters. The standard InChI is InChI=1S/C18H15N3O9S2.Na/c1-9(22)19-11-2-4-12(5-3-11)20-21-17-15(32(28,29)30)7-10-6-13(31(25,26)27)8-14(23)16(10)18(17)24;/h2-8,23-24H,1H3,(H,19,22)(H,25,26,27)(H,28,29,30);/q;+1. The van der Waals surface area contributed by atoms with Crippen molar-refractivity contribution < 1.29 is 70.5 Å². The van der Waals surface area contributed by atoms with E-state index in [1.54, 1.807) is 0 Å². The molecule has 1 amide bonds. The van der Waals surface area contributed by atoms with Crippen LogP contribution in [-0.4, -0.2) is 42.1 Å². The summed E-state index contributed by atoms with van der Waals surface area (Å²) in [7, 11) is -9.76. The van der Waals surface area contributed by atoms with Gasteiger partial charge in [0.05, 0.1) is 16.0 Å². The Kier molecular flexibility index (Phi) is 7.86. The van der Waals surface area contributed by atoms with Gasteiger partial charge in [0.1, 0.15) is 16.3 Å².